The Morgan fingerprint density at radius 1 is 0.857 bits per heavy atom. The van der Waals surface area contributed by atoms with Gasteiger partial charge in [-0.15, -0.1) is 0 Å². The van der Waals surface area contributed by atoms with Gasteiger partial charge in [0.1, 0.15) is 0 Å². The minimum absolute atomic E-state index is 0.466. The summed E-state index contributed by atoms with van der Waals surface area (Å²) in [4.78, 5) is 11.1. The number of carbonyl (C=O) groups is 1. The molecule has 1 rings (SSSR count). The van der Waals surface area contributed by atoms with E-state index in [1.807, 2.05) is 12.1 Å². The summed E-state index contributed by atoms with van der Waals surface area (Å²) in [5.74, 6) is -0.808. The van der Waals surface area contributed by atoms with Gasteiger partial charge in [0.05, 0.1) is 5.56 Å². The standard InChI is InChI=1S/C19H30O2/c1-2-3-4-5-6-7-8-9-10-11-14-17-15-12-13-16-18(17)19(20)21/h12-13,15-16H,2-11,14H2,1H3,(H,20,21). The highest BCUT2D eigenvalue weighted by molar-refractivity contribution is 5.89. The number of carboxylic acid groups (broad SMARTS) is 1. The summed E-state index contributed by atoms with van der Waals surface area (Å²) in [5.41, 5.74) is 1.44. The van der Waals surface area contributed by atoms with Crippen LogP contribution in [-0.2, 0) is 6.42 Å². The zero-order chi connectivity index (χ0) is 15.3. The maximum atomic E-state index is 11.1. The van der Waals surface area contributed by atoms with E-state index in [1.54, 1.807) is 12.1 Å². The molecular formula is C19H30O2. The van der Waals surface area contributed by atoms with Gasteiger partial charge in [0.15, 0.2) is 0 Å². The predicted octanol–water partition coefficient (Wildman–Crippen LogP) is 5.85. The first kappa shape index (κ1) is 17.7. The molecule has 0 aromatic heterocycles. The lowest BCUT2D eigenvalue weighted by Crippen LogP contribution is -2.02. The van der Waals surface area contributed by atoms with E-state index in [0.29, 0.717) is 5.56 Å². The molecule has 0 aliphatic carbocycles. The van der Waals surface area contributed by atoms with Crippen molar-refractivity contribution in [2.75, 3.05) is 0 Å². The van der Waals surface area contributed by atoms with Crippen LogP contribution in [0, 0.1) is 0 Å². The molecule has 1 N–H and O–H groups in total. The predicted molar refractivity (Wildman–Crippen MR) is 88.9 cm³/mol. The van der Waals surface area contributed by atoms with Crippen LogP contribution in [0.25, 0.3) is 0 Å². The van der Waals surface area contributed by atoms with Crippen molar-refractivity contribution in [3.63, 3.8) is 0 Å². The molecule has 2 heteroatoms. The SMILES string of the molecule is CCCCCCCCCCCCc1ccccc1C(=O)O. The van der Waals surface area contributed by atoms with Gasteiger partial charge in [-0.25, -0.2) is 4.79 Å². The second kappa shape index (κ2) is 11.4. The topological polar surface area (TPSA) is 37.3 Å². The van der Waals surface area contributed by atoms with Crippen LogP contribution in [-0.4, -0.2) is 11.1 Å². The van der Waals surface area contributed by atoms with Crippen molar-refractivity contribution in [1.29, 1.82) is 0 Å². The van der Waals surface area contributed by atoms with Crippen molar-refractivity contribution >= 4 is 5.97 Å². The molecule has 0 amide bonds. The minimum Gasteiger partial charge on any atom is -0.478 e. The van der Waals surface area contributed by atoms with Gasteiger partial charge in [-0.1, -0.05) is 82.9 Å². The Labute approximate surface area is 129 Å². The summed E-state index contributed by atoms with van der Waals surface area (Å²) in [7, 11) is 0. The van der Waals surface area contributed by atoms with Gasteiger partial charge in [0, 0.05) is 0 Å². The van der Waals surface area contributed by atoms with Crippen molar-refractivity contribution in [3.8, 4) is 0 Å². The molecule has 0 atom stereocenters. The van der Waals surface area contributed by atoms with Crippen molar-refractivity contribution in [2.24, 2.45) is 0 Å². The average molecular weight is 290 g/mol. The Morgan fingerprint density at radius 3 is 1.95 bits per heavy atom. The van der Waals surface area contributed by atoms with Gasteiger partial charge < -0.3 is 5.11 Å². The molecule has 1 aromatic carbocycles. The maximum Gasteiger partial charge on any atom is 0.335 e. The normalized spacial score (nSPS) is 10.7. The van der Waals surface area contributed by atoms with E-state index in [1.165, 1.54) is 57.8 Å². The van der Waals surface area contributed by atoms with Crippen molar-refractivity contribution < 1.29 is 9.90 Å². The first-order chi connectivity index (χ1) is 10.3. The third kappa shape index (κ3) is 7.89. The molecule has 0 saturated carbocycles. The number of benzene rings is 1. The largest absolute Gasteiger partial charge is 0.478 e. The molecular weight excluding hydrogens is 260 g/mol. The van der Waals surface area contributed by atoms with Gasteiger partial charge in [-0.05, 0) is 24.5 Å². The third-order valence-electron chi connectivity index (χ3n) is 4.05. The Morgan fingerprint density at radius 2 is 1.38 bits per heavy atom. The van der Waals surface area contributed by atoms with Gasteiger partial charge >= 0.3 is 5.97 Å². The summed E-state index contributed by atoms with van der Waals surface area (Å²) in [6.07, 6.45) is 14.0. The maximum absolute atomic E-state index is 11.1. The molecule has 21 heavy (non-hydrogen) atoms. The van der Waals surface area contributed by atoms with Gasteiger partial charge in [-0.2, -0.15) is 0 Å². The summed E-state index contributed by atoms with van der Waals surface area (Å²) in [6, 6.07) is 7.37. The molecule has 0 aliphatic heterocycles. The smallest absolute Gasteiger partial charge is 0.335 e. The number of unbranched alkanes of at least 4 members (excludes halogenated alkanes) is 9. The Hall–Kier alpha value is -1.31. The fourth-order valence-electron chi connectivity index (χ4n) is 2.75. The molecule has 0 heterocycles. The fourth-order valence-corrected chi connectivity index (χ4v) is 2.75. The average Bonchev–Trinajstić information content (AvgIpc) is 2.49. The zero-order valence-electron chi connectivity index (χ0n) is 13.4. The molecule has 0 unspecified atom stereocenters. The van der Waals surface area contributed by atoms with Crippen molar-refractivity contribution in [1.82, 2.24) is 0 Å². The number of carboxylic acids is 1. The van der Waals surface area contributed by atoms with Crippen LogP contribution in [0.3, 0.4) is 0 Å². The summed E-state index contributed by atoms with van der Waals surface area (Å²) in [6.45, 7) is 2.25. The van der Waals surface area contributed by atoms with E-state index in [2.05, 4.69) is 6.92 Å². The lowest BCUT2D eigenvalue weighted by molar-refractivity contribution is 0.0695. The van der Waals surface area contributed by atoms with Crippen LogP contribution in [0.15, 0.2) is 24.3 Å². The lowest BCUT2D eigenvalue weighted by Gasteiger charge is -2.06. The molecule has 0 aliphatic rings. The summed E-state index contributed by atoms with van der Waals surface area (Å²) in [5, 5.41) is 9.13. The quantitative estimate of drug-likeness (QED) is 0.490. The van der Waals surface area contributed by atoms with E-state index in [4.69, 9.17) is 5.11 Å². The van der Waals surface area contributed by atoms with Gasteiger partial charge in [-0.3, -0.25) is 0 Å². The van der Waals surface area contributed by atoms with Gasteiger partial charge in [0.25, 0.3) is 0 Å². The first-order valence-corrected chi connectivity index (χ1v) is 8.57. The second-order valence-corrected chi connectivity index (χ2v) is 5.89. The highest BCUT2D eigenvalue weighted by Gasteiger charge is 2.07. The highest BCUT2D eigenvalue weighted by Crippen LogP contribution is 2.15. The second-order valence-electron chi connectivity index (χ2n) is 5.89. The molecule has 1 aromatic rings. The molecule has 118 valence electrons. The highest BCUT2D eigenvalue weighted by atomic mass is 16.4. The van der Waals surface area contributed by atoms with Gasteiger partial charge in [0.2, 0.25) is 0 Å². The summed E-state index contributed by atoms with van der Waals surface area (Å²) >= 11 is 0. The molecule has 0 radical (unpaired) electrons. The third-order valence-corrected chi connectivity index (χ3v) is 4.05. The fraction of sp³-hybridized carbons (Fsp3) is 0.632. The molecule has 0 fully saturated rings. The molecule has 0 saturated heterocycles. The van der Waals surface area contributed by atoms with E-state index >= 15 is 0 Å². The number of aromatic carboxylic acids is 1. The van der Waals surface area contributed by atoms with Crippen LogP contribution in [0.4, 0.5) is 0 Å². The number of hydrogen-bond donors (Lipinski definition) is 1. The number of hydrogen-bond acceptors (Lipinski definition) is 1. The van der Waals surface area contributed by atoms with Crippen LogP contribution in [0.1, 0.15) is 87.1 Å². The van der Waals surface area contributed by atoms with E-state index in [0.717, 1.165) is 18.4 Å². The molecule has 0 bridgehead atoms. The zero-order valence-corrected chi connectivity index (χ0v) is 13.4. The Balaban J connectivity index is 2.06. The minimum atomic E-state index is -0.808. The van der Waals surface area contributed by atoms with E-state index in [-0.39, 0.29) is 0 Å². The van der Waals surface area contributed by atoms with Crippen molar-refractivity contribution in [3.05, 3.63) is 35.4 Å². The number of rotatable bonds is 12. The van der Waals surface area contributed by atoms with E-state index in [9.17, 15) is 4.79 Å². The van der Waals surface area contributed by atoms with Crippen molar-refractivity contribution in [2.45, 2.75) is 77.6 Å². The molecule has 2 nitrogen and oxygen atoms in total. The Bertz CT molecular complexity index is 398. The summed E-state index contributed by atoms with van der Waals surface area (Å²) < 4.78 is 0. The van der Waals surface area contributed by atoms with Crippen LogP contribution >= 0.6 is 0 Å². The lowest BCUT2D eigenvalue weighted by atomic mass is 10.00. The van der Waals surface area contributed by atoms with Crippen LogP contribution < -0.4 is 0 Å². The number of aryl methyl sites for hydroxylation is 1. The van der Waals surface area contributed by atoms with Crippen LogP contribution in [0.5, 0.6) is 0 Å². The monoisotopic (exact) mass is 290 g/mol. The first-order valence-electron chi connectivity index (χ1n) is 8.57. The molecule has 0 spiro atoms. The van der Waals surface area contributed by atoms with E-state index < -0.39 is 5.97 Å². The van der Waals surface area contributed by atoms with Crippen LogP contribution in [0.2, 0.25) is 0 Å². The Kier molecular flexibility index (Phi) is 9.60.